The van der Waals surface area contributed by atoms with E-state index in [0.29, 0.717) is 6.54 Å². The molecule has 1 rings (SSSR count). The molecule has 19 heavy (non-hydrogen) atoms. The Labute approximate surface area is 109 Å². The molecule has 0 bridgehead atoms. The zero-order valence-corrected chi connectivity index (χ0v) is 10.3. The summed E-state index contributed by atoms with van der Waals surface area (Å²) in [5.74, 6) is -0.996. The zero-order chi connectivity index (χ0) is 14.6. The van der Waals surface area contributed by atoms with Gasteiger partial charge in [-0.25, -0.2) is 4.39 Å². The lowest BCUT2D eigenvalue weighted by atomic mass is 10.0. The monoisotopic (exact) mass is 273 g/mol. The number of hydrogen-bond donors (Lipinski definition) is 4. The minimum Gasteiger partial charge on any atom is -0.391 e. The summed E-state index contributed by atoms with van der Waals surface area (Å²) in [5.41, 5.74) is 3.93. The van der Waals surface area contributed by atoms with Gasteiger partial charge in [0.15, 0.2) is 5.82 Å². The Hall–Kier alpha value is -1.77. The summed E-state index contributed by atoms with van der Waals surface area (Å²) < 4.78 is 13.4. The first kappa shape index (κ1) is 15.3. The van der Waals surface area contributed by atoms with Crippen molar-refractivity contribution in [3.05, 3.63) is 33.6 Å². The largest absolute Gasteiger partial charge is 0.391 e. The van der Waals surface area contributed by atoms with Gasteiger partial charge >= 0.3 is 0 Å². The number of nitrogens with two attached hydrogens (primary N) is 1. The average Bonchev–Trinajstić information content (AvgIpc) is 2.37. The first-order valence-corrected chi connectivity index (χ1v) is 5.62. The number of nitro benzene ring substituents is 1. The van der Waals surface area contributed by atoms with Crippen LogP contribution in [0.5, 0.6) is 0 Å². The normalized spacial score (nSPS) is 14.1. The summed E-state index contributed by atoms with van der Waals surface area (Å²) in [6, 6.07) is 1.85. The first-order valence-electron chi connectivity index (χ1n) is 5.62. The van der Waals surface area contributed by atoms with Crippen LogP contribution < -0.4 is 11.1 Å². The van der Waals surface area contributed by atoms with E-state index in [4.69, 9.17) is 5.73 Å². The third kappa shape index (κ3) is 3.60. The van der Waals surface area contributed by atoms with Gasteiger partial charge in [-0.2, -0.15) is 0 Å². The zero-order valence-electron chi connectivity index (χ0n) is 10.3. The van der Waals surface area contributed by atoms with Crippen molar-refractivity contribution < 1.29 is 19.5 Å². The molecule has 0 saturated heterocycles. The van der Waals surface area contributed by atoms with Crippen LogP contribution in [0.25, 0.3) is 0 Å². The molecule has 0 aliphatic carbocycles. The van der Waals surface area contributed by atoms with Gasteiger partial charge in [0, 0.05) is 6.07 Å². The van der Waals surface area contributed by atoms with Crippen LogP contribution in [-0.4, -0.2) is 34.8 Å². The van der Waals surface area contributed by atoms with E-state index in [1.165, 1.54) is 0 Å². The van der Waals surface area contributed by atoms with Crippen LogP contribution in [0.2, 0.25) is 0 Å². The van der Waals surface area contributed by atoms with Crippen molar-refractivity contribution in [2.24, 2.45) is 0 Å². The standard InChI is InChI=1S/C11H16FN3O4/c1-14-3-2-9(16)11(17)6-4-7(12)10(13)8(5-6)15(18)19/h4-5,9,11,14,16-17H,2-3,13H2,1H3. The fourth-order valence-electron chi connectivity index (χ4n) is 1.62. The second-order valence-electron chi connectivity index (χ2n) is 4.10. The van der Waals surface area contributed by atoms with Crippen molar-refractivity contribution in [1.29, 1.82) is 0 Å². The van der Waals surface area contributed by atoms with Crippen LogP contribution in [-0.2, 0) is 0 Å². The van der Waals surface area contributed by atoms with Gasteiger partial charge in [-0.15, -0.1) is 0 Å². The molecule has 0 aromatic heterocycles. The number of benzene rings is 1. The molecule has 2 atom stereocenters. The molecule has 0 aliphatic heterocycles. The highest BCUT2D eigenvalue weighted by Gasteiger charge is 2.24. The molecule has 0 amide bonds. The number of nitrogens with one attached hydrogen (secondary N) is 1. The van der Waals surface area contributed by atoms with Gasteiger partial charge in [0.1, 0.15) is 11.8 Å². The molecule has 0 spiro atoms. The van der Waals surface area contributed by atoms with Gasteiger partial charge in [-0.1, -0.05) is 0 Å². The Balaban J connectivity index is 3.03. The molecule has 0 radical (unpaired) electrons. The summed E-state index contributed by atoms with van der Waals surface area (Å²) in [4.78, 5) is 9.86. The second kappa shape index (κ2) is 6.41. The van der Waals surface area contributed by atoms with Crippen LogP contribution in [0.4, 0.5) is 15.8 Å². The highest BCUT2D eigenvalue weighted by Crippen LogP contribution is 2.30. The van der Waals surface area contributed by atoms with Crippen molar-refractivity contribution in [2.75, 3.05) is 19.3 Å². The summed E-state index contributed by atoms with van der Waals surface area (Å²) in [6.45, 7) is 0.442. The average molecular weight is 273 g/mol. The summed E-state index contributed by atoms with van der Waals surface area (Å²) in [5, 5.41) is 33.0. The van der Waals surface area contributed by atoms with Gasteiger partial charge in [-0.3, -0.25) is 10.1 Å². The number of nitrogen functional groups attached to an aromatic ring is 1. The van der Waals surface area contributed by atoms with Crippen molar-refractivity contribution in [2.45, 2.75) is 18.6 Å². The predicted octanol–water partition coefficient (Wildman–Crippen LogP) is 0.320. The lowest BCUT2D eigenvalue weighted by molar-refractivity contribution is -0.384. The Morgan fingerprint density at radius 2 is 2.16 bits per heavy atom. The van der Waals surface area contributed by atoms with E-state index in [-0.39, 0.29) is 12.0 Å². The maximum Gasteiger partial charge on any atom is 0.295 e. The molecule has 0 heterocycles. The molecule has 106 valence electrons. The van der Waals surface area contributed by atoms with Gasteiger partial charge in [-0.05, 0) is 31.6 Å². The summed E-state index contributed by atoms with van der Waals surface area (Å²) in [7, 11) is 1.67. The molecule has 8 heteroatoms. The quantitative estimate of drug-likeness (QED) is 0.336. The molecule has 0 aliphatic rings. The third-order valence-corrected chi connectivity index (χ3v) is 2.72. The minimum atomic E-state index is -1.41. The lowest BCUT2D eigenvalue weighted by Gasteiger charge is -2.18. The molecule has 5 N–H and O–H groups in total. The van der Waals surface area contributed by atoms with Crippen molar-refractivity contribution in [3.8, 4) is 0 Å². The smallest absolute Gasteiger partial charge is 0.295 e. The molecule has 1 aromatic carbocycles. The Bertz CT molecular complexity index is 469. The van der Waals surface area contributed by atoms with Crippen LogP contribution in [0, 0.1) is 15.9 Å². The molecule has 7 nitrogen and oxygen atoms in total. The maximum atomic E-state index is 13.4. The van der Waals surface area contributed by atoms with E-state index < -0.39 is 34.3 Å². The van der Waals surface area contributed by atoms with Gasteiger partial charge in [0.2, 0.25) is 0 Å². The van der Waals surface area contributed by atoms with Gasteiger partial charge in [0.05, 0.1) is 11.0 Å². The molecular formula is C11H16FN3O4. The number of nitro groups is 1. The van der Waals surface area contributed by atoms with Gasteiger partial charge < -0.3 is 21.3 Å². The molecular weight excluding hydrogens is 257 g/mol. The number of halogens is 1. The highest BCUT2D eigenvalue weighted by atomic mass is 19.1. The van der Waals surface area contributed by atoms with E-state index in [1.807, 2.05) is 0 Å². The lowest BCUT2D eigenvalue weighted by Crippen LogP contribution is -2.23. The van der Waals surface area contributed by atoms with E-state index in [2.05, 4.69) is 5.32 Å². The Kier molecular flexibility index (Phi) is 5.16. The fraction of sp³-hybridized carbons (Fsp3) is 0.455. The topological polar surface area (TPSA) is 122 Å². The molecule has 0 saturated carbocycles. The van der Waals surface area contributed by atoms with E-state index in [9.17, 15) is 24.7 Å². The van der Waals surface area contributed by atoms with Crippen molar-refractivity contribution >= 4 is 11.4 Å². The van der Waals surface area contributed by atoms with E-state index in [0.717, 1.165) is 12.1 Å². The Morgan fingerprint density at radius 3 is 2.68 bits per heavy atom. The fourth-order valence-corrected chi connectivity index (χ4v) is 1.62. The summed E-state index contributed by atoms with van der Waals surface area (Å²) in [6.07, 6.45) is -2.35. The maximum absolute atomic E-state index is 13.4. The third-order valence-electron chi connectivity index (χ3n) is 2.72. The first-order chi connectivity index (χ1) is 8.88. The number of rotatable bonds is 6. The molecule has 2 unspecified atom stereocenters. The van der Waals surface area contributed by atoms with Crippen LogP contribution in [0.15, 0.2) is 12.1 Å². The second-order valence-corrected chi connectivity index (χ2v) is 4.10. The van der Waals surface area contributed by atoms with Crippen LogP contribution in [0.1, 0.15) is 18.1 Å². The van der Waals surface area contributed by atoms with Crippen LogP contribution >= 0.6 is 0 Å². The van der Waals surface area contributed by atoms with E-state index in [1.54, 1.807) is 7.05 Å². The number of aliphatic hydroxyl groups excluding tert-OH is 2. The predicted molar refractivity (Wildman–Crippen MR) is 67.0 cm³/mol. The van der Waals surface area contributed by atoms with Gasteiger partial charge in [0.25, 0.3) is 5.69 Å². The number of hydrogen-bond acceptors (Lipinski definition) is 6. The van der Waals surface area contributed by atoms with Crippen LogP contribution in [0.3, 0.4) is 0 Å². The van der Waals surface area contributed by atoms with E-state index >= 15 is 0 Å². The summed E-state index contributed by atoms with van der Waals surface area (Å²) >= 11 is 0. The number of aliphatic hydroxyl groups is 2. The Morgan fingerprint density at radius 1 is 1.53 bits per heavy atom. The molecule has 0 fully saturated rings. The number of anilines is 1. The van der Waals surface area contributed by atoms with Crippen molar-refractivity contribution in [3.63, 3.8) is 0 Å². The van der Waals surface area contributed by atoms with Crippen molar-refractivity contribution in [1.82, 2.24) is 5.32 Å². The molecule has 1 aromatic rings. The SMILES string of the molecule is CNCCC(O)C(O)c1cc(F)c(N)c([N+](=O)[O-])c1. The highest BCUT2D eigenvalue weighted by molar-refractivity contribution is 5.60. The number of nitrogens with zero attached hydrogens (tertiary/aromatic N) is 1. The minimum absolute atomic E-state index is 0.0815.